The number of hydrogen-bond acceptors (Lipinski definition) is 3. The molecule has 1 N–H and O–H groups in total. The maximum absolute atomic E-state index is 13.5. The molecular weight excluding hydrogens is 318 g/mol. The fraction of sp³-hybridized carbons (Fsp3) is 0.400. The quantitative estimate of drug-likeness (QED) is 0.869. The molecule has 132 valence electrons. The van der Waals surface area contributed by atoms with Crippen LogP contribution in [0.25, 0.3) is 0 Å². The molecule has 2 aromatic rings. The smallest absolute Gasteiger partial charge is 0.399 e. The highest BCUT2D eigenvalue weighted by molar-refractivity contribution is 6.62. The van der Waals surface area contributed by atoms with E-state index in [0.717, 1.165) is 5.46 Å². The normalized spacial score (nSPS) is 21.2. The minimum atomic E-state index is -1.28. The Hall–Kier alpha value is -1.69. The molecule has 3 rings (SSSR count). The van der Waals surface area contributed by atoms with Gasteiger partial charge in [-0.25, -0.2) is 4.39 Å². The van der Waals surface area contributed by atoms with Crippen molar-refractivity contribution in [3.63, 3.8) is 0 Å². The maximum Gasteiger partial charge on any atom is 0.494 e. The molecule has 0 bridgehead atoms. The molecule has 1 fully saturated rings. The molecule has 3 nitrogen and oxygen atoms in total. The molecule has 0 aromatic heterocycles. The van der Waals surface area contributed by atoms with Gasteiger partial charge in [0, 0.05) is 0 Å². The van der Waals surface area contributed by atoms with Gasteiger partial charge in [-0.05, 0) is 63.3 Å². The van der Waals surface area contributed by atoms with Crippen LogP contribution in [0.15, 0.2) is 48.5 Å². The van der Waals surface area contributed by atoms with Gasteiger partial charge in [0.2, 0.25) is 0 Å². The van der Waals surface area contributed by atoms with E-state index in [-0.39, 0.29) is 5.82 Å². The van der Waals surface area contributed by atoms with Gasteiger partial charge in [0.25, 0.3) is 0 Å². The van der Waals surface area contributed by atoms with Crippen LogP contribution in [0, 0.1) is 5.82 Å². The molecular formula is C20H24BFO3. The highest BCUT2D eigenvalue weighted by Gasteiger charge is 2.51. The van der Waals surface area contributed by atoms with Crippen LogP contribution >= 0.6 is 0 Å². The van der Waals surface area contributed by atoms with E-state index in [2.05, 4.69) is 0 Å². The second kappa shape index (κ2) is 5.94. The predicted molar refractivity (Wildman–Crippen MR) is 97.2 cm³/mol. The summed E-state index contributed by atoms with van der Waals surface area (Å²) in [6.07, 6.45) is 0. The second-order valence-corrected chi connectivity index (χ2v) is 7.79. The van der Waals surface area contributed by atoms with Gasteiger partial charge >= 0.3 is 7.12 Å². The third-order valence-corrected chi connectivity index (χ3v) is 5.38. The van der Waals surface area contributed by atoms with Crippen molar-refractivity contribution in [2.75, 3.05) is 0 Å². The number of aliphatic hydroxyl groups is 1. The van der Waals surface area contributed by atoms with Gasteiger partial charge in [0.1, 0.15) is 11.4 Å². The second-order valence-electron chi connectivity index (χ2n) is 7.79. The first kappa shape index (κ1) is 18.1. The van der Waals surface area contributed by atoms with Gasteiger partial charge in [-0.15, -0.1) is 0 Å². The molecule has 1 aliphatic rings. The van der Waals surface area contributed by atoms with Gasteiger partial charge in [-0.1, -0.05) is 36.4 Å². The molecule has 5 heteroatoms. The fourth-order valence-corrected chi connectivity index (χ4v) is 2.90. The zero-order chi connectivity index (χ0) is 18.5. The van der Waals surface area contributed by atoms with Crippen LogP contribution in [-0.2, 0) is 14.9 Å². The van der Waals surface area contributed by atoms with E-state index in [0.29, 0.717) is 11.1 Å². The van der Waals surface area contributed by atoms with Crippen LogP contribution < -0.4 is 5.46 Å². The summed E-state index contributed by atoms with van der Waals surface area (Å²) in [5, 5.41) is 10.9. The Morgan fingerprint density at radius 1 is 0.920 bits per heavy atom. The third kappa shape index (κ3) is 3.24. The highest BCUT2D eigenvalue weighted by atomic mass is 19.1. The number of benzene rings is 2. The molecule has 25 heavy (non-hydrogen) atoms. The predicted octanol–water partition coefficient (Wildman–Crippen LogP) is 3.38. The molecule has 1 aliphatic heterocycles. The summed E-state index contributed by atoms with van der Waals surface area (Å²) < 4.78 is 25.6. The lowest BCUT2D eigenvalue weighted by atomic mass is 9.77. The Kier molecular flexibility index (Phi) is 4.30. The zero-order valence-electron chi connectivity index (χ0n) is 15.3. The van der Waals surface area contributed by atoms with E-state index in [1.54, 1.807) is 19.1 Å². The van der Waals surface area contributed by atoms with Gasteiger partial charge < -0.3 is 14.4 Å². The van der Waals surface area contributed by atoms with E-state index in [9.17, 15) is 9.50 Å². The van der Waals surface area contributed by atoms with E-state index in [4.69, 9.17) is 9.31 Å². The monoisotopic (exact) mass is 342 g/mol. The van der Waals surface area contributed by atoms with Crippen molar-refractivity contribution < 1.29 is 18.8 Å². The summed E-state index contributed by atoms with van der Waals surface area (Å²) in [5.74, 6) is -0.369. The van der Waals surface area contributed by atoms with Gasteiger partial charge in [0.15, 0.2) is 0 Å². The summed E-state index contributed by atoms with van der Waals surface area (Å²) in [4.78, 5) is 0. The third-order valence-electron chi connectivity index (χ3n) is 5.38. The topological polar surface area (TPSA) is 38.7 Å². The Morgan fingerprint density at radius 2 is 1.48 bits per heavy atom. The van der Waals surface area contributed by atoms with E-state index >= 15 is 0 Å². The lowest BCUT2D eigenvalue weighted by Crippen LogP contribution is -2.41. The van der Waals surface area contributed by atoms with Crippen molar-refractivity contribution in [2.24, 2.45) is 0 Å². The standard InChI is InChI=1S/C20H24BFO3/c1-18(2)19(3,4)25-21(24-18)16-11-9-14(10-12-16)20(5,23)15-7-6-8-17(22)13-15/h6-13,23H,1-5H3. The number of rotatable bonds is 3. The van der Waals surface area contributed by atoms with Gasteiger partial charge in [0.05, 0.1) is 11.2 Å². The SMILES string of the molecule is CC(O)(c1ccc(B2OC(C)(C)C(C)(C)O2)cc1)c1cccc(F)c1. The molecule has 1 heterocycles. The Bertz CT molecular complexity index is 753. The average molecular weight is 342 g/mol. The molecule has 0 aliphatic carbocycles. The summed E-state index contributed by atoms with van der Waals surface area (Å²) in [5.41, 5.74) is -0.00436. The minimum absolute atomic E-state index is 0.369. The number of halogens is 1. The summed E-state index contributed by atoms with van der Waals surface area (Å²) in [6, 6.07) is 13.4. The molecule has 2 aromatic carbocycles. The molecule has 0 saturated carbocycles. The van der Waals surface area contributed by atoms with Crippen molar-refractivity contribution in [3.8, 4) is 0 Å². The van der Waals surface area contributed by atoms with Crippen LogP contribution in [0.2, 0.25) is 0 Å². The van der Waals surface area contributed by atoms with Crippen molar-refractivity contribution in [1.29, 1.82) is 0 Å². The average Bonchev–Trinajstić information content (AvgIpc) is 2.75. The fourth-order valence-electron chi connectivity index (χ4n) is 2.90. The molecule has 0 radical (unpaired) electrons. The van der Waals surface area contributed by atoms with Crippen molar-refractivity contribution in [3.05, 3.63) is 65.5 Å². The first-order valence-electron chi connectivity index (χ1n) is 8.47. The van der Waals surface area contributed by atoms with Crippen LogP contribution in [0.3, 0.4) is 0 Å². The maximum atomic E-state index is 13.5. The van der Waals surface area contributed by atoms with Crippen molar-refractivity contribution in [1.82, 2.24) is 0 Å². The molecule has 0 amide bonds. The Morgan fingerprint density at radius 3 is 2.00 bits per heavy atom. The molecule has 0 spiro atoms. The summed E-state index contributed by atoms with van der Waals surface area (Å²) in [7, 11) is -0.446. The Balaban J connectivity index is 1.86. The van der Waals surface area contributed by atoms with E-state index < -0.39 is 23.9 Å². The largest absolute Gasteiger partial charge is 0.494 e. The van der Waals surface area contributed by atoms with Gasteiger partial charge in [-0.3, -0.25) is 0 Å². The van der Waals surface area contributed by atoms with Crippen molar-refractivity contribution >= 4 is 12.6 Å². The first-order valence-corrected chi connectivity index (χ1v) is 8.47. The van der Waals surface area contributed by atoms with Crippen LogP contribution in [0.1, 0.15) is 45.7 Å². The summed E-state index contributed by atoms with van der Waals surface area (Å²) >= 11 is 0. The van der Waals surface area contributed by atoms with Crippen molar-refractivity contribution in [2.45, 2.75) is 51.4 Å². The van der Waals surface area contributed by atoms with Crippen LogP contribution in [-0.4, -0.2) is 23.4 Å². The minimum Gasteiger partial charge on any atom is -0.399 e. The first-order chi connectivity index (χ1) is 11.5. The molecule has 1 saturated heterocycles. The molecule has 1 unspecified atom stereocenters. The highest BCUT2D eigenvalue weighted by Crippen LogP contribution is 2.36. The van der Waals surface area contributed by atoms with E-state index in [1.807, 2.05) is 52.0 Å². The van der Waals surface area contributed by atoms with Gasteiger partial charge in [-0.2, -0.15) is 0 Å². The lowest BCUT2D eigenvalue weighted by Gasteiger charge is -2.32. The van der Waals surface area contributed by atoms with Crippen LogP contribution in [0.4, 0.5) is 4.39 Å². The zero-order valence-corrected chi connectivity index (χ0v) is 15.3. The Labute approximate surface area is 148 Å². The van der Waals surface area contributed by atoms with E-state index in [1.165, 1.54) is 12.1 Å². The van der Waals surface area contributed by atoms with Crippen LogP contribution in [0.5, 0.6) is 0 Å². The number of hydrogen-bond donors (Lipinski definition) is 1. The molecule has 1 atom stereocenters. The summed E-state index contributed by atoms with van der Waals surface area (Å²) in [6.45, 7) is 9.70. The lowest BCUT2D eigenvalue weighted by molar-refractivity contribution is 0.00578.